The summed E-state index contributed by atoms with van der Waals surface area (Å²) in [5.41, 5.74) is 6.04. The van der Waals surface area contributed by atoms with E-state index in [0.717, 1.165) is 63.7 Å². The topological polar surface area (TPSA) is 26.3 Å². The minimum absolute atomic E-state index is 0.0488. The zero-order chi connectivity index (χ0) is 19.7. The van der Waals surface area contributed by atoms with Crippen molar-refractivity contribution in [3.63, 3.8) is 0 Å². The third-order valence-electron chi connectivity index (χ3n) is 7.37. The van der Waals surface area contributed by atoms with Crippen LogP contribution in [-0.4, -0.2) is 12.4 Å². The Morgan fingerprint density at radius 3 is 2.79 bits per heavy atom. The lowest BCUT2D eigenvalue weighted by Gasteiger charge is -2.44. The van der Waals surface area contributed by atoms with Crippen LogP contribution in [0.5, 0.6) is 5.75 Å². The number of carbonyl (C=O) groups excluding carboxylic acids is 1. The number of Topliss-reactive ketones (excluding diaryl/α,β-unsaturated/α-hetero) is 1. The Hall–Kier alpha value is -1.57. The molecule has 2 nitrogen and oxygen atoms in total. The lowest BCUT2D eigenvalue weighted by atomic mass is 9.59. The first kappa shape index (κ1) is 19.7. The lowest BCUT2D eigenvalue weighted by Crippen LogP contribution is -2.38. The van der Waals surface area contributed by atoms with Gasteiger partial charge in [0.2, 0.25) is 0 Å². The summed E-state index contributed by atoms with van der Waals surface area (Å²) in [5, 5.41) is 0. The molecule has 2 atom stereocenters. The van der Waals surface area contributed by atoms with E-state index in [-0.39, 0.29) is 5.41 Å². The van der Waals surface area contributed by atoms with E-state index in [1.165, 1.54) is 24.0 Å². The average Bonchev–Trinajstić information content (AvgIpc) is 3.00. The maximum Gasteiger partial charge on any atom is 0.139 e. The molecule has 2 heteroatoms. The average molecular weight is 381 g/mol. The molecular weight excluding hydrogens is 344 g/mol. The van der Waals surface area contributed by atoms with Crippen molar-refractivity contribution in [2.45, 2.75) is 85.0 Å². The molecule has 0 aliphatic heterocycles. The smallest absolute Gasteiger partial charge is 0.139 e. The Kier molecular flexibility index (Phi) is 5.67. The van der Waals surface area contributed by atoms with Crippen LogP contribution in [0, 0.1) is 17.3 Å². The third kappa shape index (κ3) is 3.44. The molecule has 152 valence electrons. The van der Waals surface area contributed by atoms with Gasteiger partial charge >= 0.3 is 0 Å². The number of hydrogen-bond acceptors (Lipinski definition) is 2. The molecule has 28 heavy (non-hydrogen) atoms. The number of hydrogen-bond donors (Lipinski definition) is 0. The van der Waals surface area contributed by atoms with Crippen LogP contribution < -0.4 is 4.74 Å². The zero-order valence-corrected chi connectivity index (χ0v) is 18.0. The van der Waals surface area contributed by atoms with Crippen LogP contribution in [0.2, 0.25) is 0 Å². The molecule has 3 aliphatic carbocycles. The van der Waals surface area contributed by atoms with Crippen molar-refractivity contribution in [3.8, 4) is 5.75 Å². The predicted molar refractivity (Wildman–Crippen MR) is 116 cm³/mol. The van der Waals surface area contributed by atoms with Gasteiger partial charge in [-0.05, 0) is 85.6 Å². The molecule has 1 aromatic rings. The molecule has 0 unspecified atom stereocenters. The van der Waals surface area contributed by atoms with Crippen molar-refractivity contribution < 1.29 is 9.53 Å². The number of carbonyl (C=O) groups is 1. The maximum atomic E-state index is 12.9. The van der Waals surface area contributed by atoms with Gasteiger partial charge in [-0.1, -0.05) is 45.3 Å². The minimum Gasteiger partial charge on any atom is -0.494 e. The predicted octanol–water partition coefficient (Wildman–Crippen LogP) is 6.76. The van der Waals surface area contributed by atoms with Gasteiger partial charge in [0.1, 0.15) is 11.5 Å². The van der Waals surface area contributed by atoms with Gasteiger partial charge in [0.15, 0.2) is 0 Å². The van der Waals surface area contributed by atoms with Gasteiger partial charge < -0.3 is 4.74 Å². The summed E-state index contributed by atoms with van der Waals surface area (Å²) >= 11 is 0. The quantitative estimate of drug-likeness (QED) is 0.488. The summed E-state index contributed by atoms with van der Waals surface area (Å²) in [6, 6.07) is 6.74. The highest BCUT2D eigenvalue weighted by Gasteiger charge is 2.53. The van der Waals surface area contributed by atoms with Gasteiger partial charge in [0, 0.05) is 11.8 Å². The number of ketones is 1. The number of unbranched alkanes of at least 4 members (excludes halogenated alkanes) is 2. The fourth-order valence-electron chi connectivity index (χ4n) is 6.23. The van der Waals surface area contributed by atoms with E-state index in [1.807, 2.05) is 0 Å². The highest BCUT2D eigenvalue weighted by molar-refractivity contribution is 5.90. The van der Waals surface area contributed by atoms with Crippen molar-refractivity contribution in [1.29, 1.82) is 0 Å². The van der Waals surface area contributed by atoms with Gasteiger partial charge in [-0.15, -0.1) is 0 Å². The molecule has 1 aromatic carbocycles. The van der Waals surface area contributed by atoms with Crippen LogP contribution in [0.3, 0.4) is 0 Å². The first-order chi connectivity index (χ1) is 13.5. The standard InChI is InChI=1S/C26H36O2/c1-4-5-6-15-28-20-8-10-21-19(16-20)7-9-23-22(21)13-14-26(17-18(2)3)24(23)11-12-25(26)27/h8,10,16,18,24H,4-7,9,11-15,17H2,1-3H3/t24-,26+/m0/s1. The van der Waals surface area contributed by atoms with Crippen molar-refractivity contribution in [2.75, 3.05) is 6.61 Å². The van der Waals surface area contributed by atoms with Crippen LogP contribution in [0.15, 0.2) is 23.8 Å². The summed E-state index contributed by atoms with van der Waals surface area (Å²) in [4.78, 5) is 12.9. The fourth-order valence-corrected chi connectivity index (χ4v) is 6.23. The fraction of sp³-hybridized carbons (Fsp3) is 0.654. The molecule has 1 fully saturated rings. The van der Waals surface area contributed by atoms with Crippen LogP contribution in [-0.2, 0) is 11.2 Å². The number of rotatable bonds is 7. The van der Waals surface area contributed by atoms with E-state index in [0.29, 0.717) is 17.6 Å². The molecule has 0 amide bonds. The molecule has 0 radical (unpaired) electrons. The van der Waals surface area contributed by atoms with Crippen LogP contribution in [0.25, 0.3) is 5.57 Å². The van der Waals surface area contributed by atoms with Crippen LogP contribution >= 0.6 is 0 Å². The Bertz CT molecular complexity index is 773. The molecule has 0 saturated heterocycles. The van der Waals surface area contributed by atoms with Crippen LogP contribution in [0.1, 0.15) is 89.7 Å². The molecule has 4 rings (SSSR count). The summed E-state index contributed by atoms with van der Waals surface area (Å²) in [7, 11) is 0. The monoisotopic (exact) mass is 380 g/mol. The second-order valence-corrected chi connectivity index (χ2v) is 9.65. The number of aryl methyl sites for hydroxylation is 1. The number of allylic oxidation sites excluding steroid dienone is 2. The normalized spacial score (nSPS) is 26.3. The van der Waals surface area contributed by atoms with E-state index < -0.39 is 0 Å². The van der Waals surface area contributed by atoms with Gasteiger partial charge in [-0.3, -0.25) is 4.79 Å². The zero-order valence-electron chi connectivity index (χ0n) is 18.0. The second-order valence-electron chi connectivity index (χ2n) is 9.65. The van der Waals surface area contributed by atoms with E-state index in [1.54, 1.807) is 11.1 Å². The molecule has 0 bridgehead atoms. The Labute approximate surface area is 170 Å². The van der Waals surface area contributed by atoms with E-state index in [4.69, 9.17) is 4.74 Å². The molecule has 0 heterocycles. The van der Waals surface area contributed by atoms with Crippen molar-refractivity contribution in [2.24, 2.45) is 17.3 Å². The number of fused-ring (bicyclic) bond motifs is 4. The van der Waals surface area contributed by atoms with Crippen molar-refractivity contribution in [3.05, 3.63) is 34.9 Å². The third-order valence-corrected chi connectivity index (χ3v) is 7.37. The summed E-state index contributed by atoms with van der Waals surface area (Å²) in [6.07, 6.45) is 10.9. The maximum absolute atomic E-state index is 12.9. The Morgan fingerprint density at radius 1 is 1.14 bits per heavy atom. The van der Waals surface area contributed by atoms with Gasteiger partial charge in [-0.25, -0.2) is 0 Å². The number of benzene rings is 1. The van der Waals surface area contributed by atoms with E-state index in [9.17, 15) is 4.79 Å². The highest BCUT2D eigenvalue weighted by atomic mass is 16.5. The SMILES string of the molecule is CCCCCOc1ccc2c(c1)CCC1=C2CC[C@]2(CC(C)C)C(=O)CC[C@@H]12. The van der Waals surface area contributed by atoms with Gasteiger partial charge in [0.05, 0.1) is 6.61 Å². The molecule has 1 saturated carbocycles. The van der Waals surface area contributed by atoms with Crippen molar-refractivity contribution in [1.82, 2.24) is 0 Å². The Balaban J connectivity index is 1.59. The first-order valence-corrected chi connectivity index (χ1v) is 11.6. The molecule has 0 spiro atoms. The minimum atomic E-state index is -0.0488. The molecular formula is C26H36O2. The summed E-state index contributed by atoms with van der Waals surface area (Å²) < 4.78 is 5.99. The van der Waals surface area contributed by atoms with E-state index in [2.05, 4.69) is 39.0 Å². The summed E-state index contributed by atoms with van der Waals surface area (Å²) in [5.74, 6) is 2.68. The molecule has 3 aliphatic rings. The molecule has 0 aromatic heterocycles. The largest absolute Gasteiger partial charge is 0.494 e. The van der Waals surface area contributed by atoms with Gasteiger partial charge in [-0.2, -0.15) is 0 Å². The van der Waals surface area contributed by atoms with Crippen LogP contribution in [0.4, 0.5) is 0 Å². The Morgan fingerprint density at radius 2 is 2.00 bits per heavy atom. The highest BCUT2D eigenvalue weighted by Crippen LogP contribution is 2.59. The van der Waals surface area contributed by atoms with Gasteiger partial charge in [0.25, 0.3) is 0 Å². The second kappa shape index (κ2) is 8.05. The van der Waals surface area contributed by atoms with E-state index >= 15 is 0 Å². The molecule has 0 N–H and O–H groups in total. The lowest BCUT2D eigenvalue weighted by molar-refractivity contribution is -0.128. The van der Waals surface area contributed by atoms with Crippen molar-refractivity contribution >= 4 is 11.4 Å². The summed E-state index contributed by atoms with van der Waals surface area (Å²) in [6.45, 7) is 7.60. The first-order valence-electron chi connectivity index (χ1n) is 11.6. The number of ether oxygens (including phenoxy) is 1.